The summed E-state index contributed by atoms with van der Waals surface area (Å²) >= 11 is 0. The van der Waals surface area contributed by atoms with Gasteiger partial charge >= 0.3 is 12.0 Å². The zero-order chi connectivity index (χ0) is 18.2. The molecule has 0 bridgehead atoms. The largest absolute Gasteiger partial charge is 0.496 e. The lowest BCUT2D eigenvalue weighted by Crippen LogP contribution is -2.40. The van der Waals surface area contributed by atoms with E-state index in [1.165, 1.54) is 6.33 Å². The van der Waals surface area contributed by atoms with Crippen LogP contribution in [0.2, 0.25) is 0 Å². The van der Waals surface area contributed by atoms with Crippen molar-refractivity contribution in [1.29, 1.82) is 0 Å². The van der Waals surface area contributed by atoms with E-state index < -0.39 is 17.5 Å². The van der Waals surface area contributed by atoms with Crippen molar-refractivity contribution in [2.24, 2.45) is 0 Å². The van der Waals surface area contributed by atoms with Crippen LogP contribution in [-0.2, 0) is 4.79 Å². The van der Waals surface area contributed by atoms with Gasteiger partial charge in [-0.05, 0) is 32.4 Å². The lowest BCUT2D eigenvalue weighted by Gasteiger charge is -2.14. The molecule has 0 spiro atoms. The first-order valence-corrected chi connectivity index (χ1v) is 7.50. The van der Waals surface area contributed by atoms with E-state index in [0.29, 0.717) is 11.5 Å². The Morgan fingerprint density at radius 3 is 2.60 bits per heavy atom. The molecule has 1 aromatic carbocycles. The van der Waals surface area contributed by atoms with E-state index in [-0.39, 0.29) is 12.0 Å². The van der Waals surface area contributed by atoms with Gasteiger partial charge < -0.3 is 14.8 Å². The van der Waals surface area contributed by atoms with Crippen LogP contribution in [0, 0.1) is 6.92 Å². The van der Waals surface area contributed by atoms with Crippen LogP contribution in [0.3, 0.4) is 0 Å². The van der Waals surface area contributed by atoms with Crippen LogP contribution in [0.5, 0.6) is 17.5 Å². The summed E-state index contributed by atoms with van der Waals surface area (Å²) in [6.45, 7) is 5.11. The summed E-state index contributed by atoms with van der Waals surface area (Å²) < 4.78 is 10.8. The number of nitrogens with zero attached hydrogens (tertiary/aromatic N) is 4. The Balaban J connectivity index is 1.88. The summed E-state index contributed by atoms with van der Waals surface area (Å²) in [5, 5.41) is 2.56. The fraction of sp³-hybridized carbons (Fsp3) is 0.312. The number of aromatic nitrogens is 3. The minimum Gasteiger partial charge on any atom is -0.496 e. The Morgan fingerprint density at radius 2 is 1.96 bits per heavy atom. The minimum absolute atomic E-state index is 0.0405. The number of rotatable bonds is 4. The number of methoxy groups -OCH3 is 1. The van der Waals surface area contributed by atoms with E-state index in [0.717, 1.165) is 10.5 Å². The monoisotopic (exact) mass is 343 g/mol. The molecule has 3 amide bonds. The smallest absolute Gasteiger partial charge is 0.332 e. The predicted molar refractivity (Wildman–Crippen MR) is 87.7 cm³/mol. The number of hydrogen-bond acceptors (Lipinski definition) is 7. The SMILES string of the molecule is COc1cc(Oc2ncnc(N3C(=O)NC(C)(C)C3=O)n2)ccc1C. The Kier molecular flexibility index (Phi) is 3.99. The number of hydrogen-bond donors (Lipinski definition) is 1. The maximum Gasteiger partial charge on any atom is 0.332 e. The third-order valence-electron chi connectivity index (χ3n) is 3.69. The molecule has 0 saturated carbocycles. The van der Waals surface area contributed by atoms with Gasteiger partial charge in [-0.1, -0.05) is 6.07 Å². The number of carbonyl (C=O) groups is 2. The van der Waals surface area contributed by atoms with Crippen LogP contribution < -0.4 is 19.7 Å². The molecule has 0 unspecified atom stereocenters. The van der Waals surface area contributed by atoms with Crippen molar-refractivity contribution in [3.05, 3.63) is 30.1 Å². The zero-order valence-electron chi connectivity index (χ0n) is 14.2. The number of imide groups is 1. The number of anilines is 1. The van der Waals surface area contributed by atoms with Gasteiger partial charge in [-0.25, -0.2) is 9.78 Å². The van der Waals surface area contributed by atoms with Crippen LogP contribution in [-0.4, -0.2) is 39.5 Å². The molecular formula is C16H17N5O4. The van der Waals surface area contributed by atoms with Gasteiger partial charge in [0, 0.05) is 6.07 Å². The summed E-state index contributed by atoms with van der Waals surface area (Å²) in [5.41, 5.74) is -0.0672. The molecule has 130 valence electrons. The van der Waals surface area contributed by atoms with E-state index in [1.54, 1.807) is 33.1 Å². The van der Waals surface area contributed by atoms with Gasteiger partial charge in [0.2, 0.25) is 5.95 Å². The molecule has 2 aromatic rings. The van der Waals surface area contributed by atoms with Gasteiger partial charge in [0.1, 0.15) is 23.4 Å². The first-order chi connectivity index (χ1) is 11.8. The minimum atomic E-state index is -1.02. The Hall–Kier alpha value is -3.23. The van der Waals surface area contributed by atoms with Crippen molar-refractivity contribution in [1.82, 2.24) is 20.3 Å². The molecule has 1 N–H and O–H groups in total. The average molecular weight is 343 g/mol. The molecule has 1 aromatic heterocycles. The second-order valence-electron chi connectivity index (χ2n) is 6.00. The fourth-order valence-electron chi connectivity index (χ4n) is 2.33. The average Bonchev–Trinajstić information content (AvgIpc) is 2.77. The molecule has 1 aliphatic heterocycles. The molecule has 1 fully saturated rings. The number of nitrogens with one attached hydrogen (secondary N) is 1. The standard InChI is InChI=1S/C16H17N5O4/c1-9-5-6-10(7-11(9)24-4)25-14-18-8-17-13(19-14)21-12(22)16(2,3)20-15(21)23/h5-8H,1-4H3,(H,20,23). The highest BCUT2D eigenvalue weighted by Crippen LogP contribution is 2.27. The van der Waals surface area contributed by atoms with E-state index >= 15 is 0 Å². The van der Waals surface area contributed by atoms with Gasteiger partial charge in [0.15, 0.2) is 0 Å². The Bertz CT molecular complexity index is 852. The van der Waals surface area contributed by atoms with Crippen molar-refractivity contribution in [3.63, 3.8) is 0 Å². The number of amides is 3. The predicted octanol–water partition coefficient (Wildman–Crippen LogP) is 1.82. The van der Waals surface area contributed by atoms with Crippen LogP contribution in [0.4, 0.5) is 10.7 Å². The van der Waals surface area contributed by atoms with Crippen molar-refractivity contribution < 1.29 is 19.1 Å². The van der Waals surface area contributed by atoms with Gasteiger partial charge in [0.05, 0.1) is 7.11 Å². The quantitative estimate of drug-likeness (QED) is 0.844. The first-order valence-electron chi connectivity index (χ1n) is 7.50. The maximum absolute atomic E-state index is 12.3. The summed E-state index contributed by atoms with van der Waals surface area (Å²) in [7, 11) is 1.56. The van der Waals surface area contributed by atoms with Crippen LogP contribution in [0.15, 0.2) is 24.5 Å². The molecule has 1 aliphatic rings. The normalized spacial score (nSPS) is 15.9. The van der Waals surface area contributed by atoms with Gasteiger partial charge in [-0.3, -0.25) is 4.79 Å². The number of carbonyl (C=O) groups excluding carboxylic acids is 2. The number of ether oxygens (including phenoxy) is 2. The highest BCUT2D eigenvalue weighted by Gasteiger charge is 2.46. The van der Waals surface area contributed by atoms with E-state index in [2.05, 4.69) is 20.3 Å². The maximum atomic E-state index is 12.3. The molecule has 0 atom stereocenters. The second kappa shape index (κ2) is 6.00. The number of urea groups is 1. The van der Waals surface area contributed by atoms with Crippen molar-refractivity contribution in [2.45, 2.75) is 26.3 Å². The summed E-state index contributed by atoms with van der Waals surface area (Å²) in [6.07, 6.45) is 1.18. The molecule has 0 aliphatic carbocycles. The van der Waals surface area contributed by atoms with Gasteiger partial charge in [0.25, 0.3) is 5.91 Å². The molecule has 1 saturated heterocycles. The lowest BCUT2D eigenvalue weighted by molar-refractivity contribution is -0.121. The van der Waals surface area contributed by atoms with E-state index in [4.69, 9.17) is 9.47 Å². The fourth-order valence-corrected chi connectivity index (χ4v) is 2.33. The molecule has 25 heavy (non-hydrogen) atoms. The lowest BCUT2D eigenvalue weighted by atomic mass is 10.1. The van der Waals surface area contributed by atoms with Crippen LogP contribution in [0.25, 0.3) is 0 Å². The summed E-state index contributed by atoms with van der Waals surface area (Å²) in [4.78, 5) is 37.1. The first kappa shape index (κ1) is 16.6. The van der Waals surface area contributed by atoms with Gasteiger partial charge in [-0.2, -0.15) is 14.9 Å². The highest BCUT2D eigenvalue weighted by molar-refractivity contribution is 6.22. The Labute approximate surface area is 144 Å². The number of aryl methyl sites for hydroxylation is 1. The summed E-state index contributed by atoms with van der Waals surface area (Å²) in [5.74, 6) is 0.559. The third-order valence-corrected chi connectivity index (χ3v) is 3.69. The van der Waals surface area contributed by atoms with Gasteiger partial charge in [-0.15, -0.1) is 0 Å². The van der Waals surface area contributed by atoms with E-state index in [9.17, 15) is 9.59 Å². The molecule has 9 nitrogen and oxygen atoms in total. The molecular weight excluding hydrogens is 326 g/mol. The number of benzene rings is 1. The molecule has 0 radical (unpaired) electrons. The van der Waals surface area contributed by atoms with Crippen molar-refractivity contribution >= 4 is 17.9 Å². The van der Waals surface area contributed by atoms with Crippen molar-refractivity contribution in [2.75, 3.05) is 12.0 Å². The second-order valence-corrected chi connectivity index (χ2v) is 6.00. The van der Waals surface area contributed by atoms with Crippen molar-refractivity contribution in [3.8, 4) is 17.5 Å². The highest BCUT2D eigenvalue weighted by atomic mass is 16.5. The molecule has 9 heteroatoms. The third kappa shape index (κ3) is 3.08. The van der Waals surface area contributed by atoms with E-state index in [1.807, 2.05) is 13.0 Å². The van der Waals surface area contributed by atoms with Crippen LogP contribution in [0.1, 0.15) is 19.4 Å². The summed E-state index contributed by atoms with van der Waals surface area (Å²) in [6, 6.07) is 4.62. The molecule has 3 rings (SSSR count). The topological polar surface area (TPSA) is 107 Å². The Morgan fingerprint density at radius 1 is 1.20 bits per heavy atom. The van der Waals surface area contributed by atoms with Crippen LogP contribution >= 0.6 is 0 Å². The molecule has 2 heterocycles. The zero-order valence-corrected chi connectivity index (χ0v) is 14.2.